The van der Waals surface area contributed by atoms with E-state index in [0.29, 0.717) is 31.7 Å². The summed E-state index contributed by atoms with van der Waals surface area (Å²) in [4.78, 5) is 15.7. The van der Waals surface area contributed by atoms with E-state index in [4.69, 9.17) is 4.74 Å². The number of nitrogens with zero attached hydrogens (tertiary/aromatic N) is 2. The molecule has 1 N–H and O–H groups in total. The average molecular weight is 386 g/mol. The number of rotatable bonds is 5. The molecule has 0 unspecified atom stereocenters. The Morgan fingerprint density at radius 3 is 2.67 bits per heavy atom. The van der Waals surface area contributed by atoms with Gasteiger partial charge in [-0.15, -0.1) is 0 Å². The van der Waals surface area contributed by atoms with E-state index in [1.807, 2.05) is 0 Å². The first kappa shape index (κ1) is 19.9. The van der Waals surface area contributed by atoms with Crippen molar-refractivity contribution in [2.75, 3.05) is 33.3 Å². The van der Waals surface area contributed by atoms with Gasteiger partial charge in [-0.05, 0) is 44.0 Å². The second kappa shape index (κ2) is 7.67. The maximum Gasteiger partial charge on any atom is 0.260 e. The second-order valence-corrected chi connectivity index (χ2v) is 7.49. The van der Waals surface area contributed by atoms with Crippen molar-refractivity contribution in [3.05, 3.63) is 29.6 Å². The molecule has 0 aliphatic carbocycles. The predicted octanol–water partition coefficient (Wildman–Crippen LogP) is 2.42. The summed E-state index contributed by atoms with van der Waals surface area (Å²) < 4.78 is 46.5. The third-order valence-electron chi connectivity index (χ3n) is 5.27. The lowest BCUT2D eigenvalue weighted by Gasteiger charge is -2.42. The van der Waals surface area contributed by atoms with Gasteiger partial charge < -0.3 is 14.7 Å². The fraction of sp³-hybridized carbons (Fsp3) is 0.632. The normalized spacial score (nSPS) is 26.3. The minimum atomic E-state index is -2.80. The Hall–Kier alpha value is -1.80. The molecule has 2 heterocycles. The molecular formula is C19H25F3N2O3. The van der Waals surface area contributed by atoms with Crippen LogP contribution >= 0.6 is 0 Å². The maximum atomic E-state index is 14.1. The largest absolute Gasteiger partial charge is 0.497 e. The van der Waals surface area contributed by atoms with Crippen molar-refractivity contribution in [3.63, 3.8) is 0 Å². The van der Waals surface area contributed by atoms with Gasteiger partial charge in [-0.25, -0.2) is 13.2 Å². The molecule has 5 nitrogen and oxygen atoms in total. The number of carbonyl (C=O) groups excluding carboxylic acids is 1. The number of piperidine rings is 2. The summed E-state index contributed by atoms with van der Waals surface area (Å²) in [6.07, 6.45) is 0.899. The molecule has 0 radical (unpaired) electrons. The Kier molecular flexibility index (Phi) is 5.67. The highest BCUT2D eigenvalue weighted by Crippen LogP contribution is 2.31. The van der Waals surface area contributed by atoms with Crippen LogP contribution in [0, 0.1) is 5.82 Å². The third kappa shape index (κ3) is 4.55. The Morgan fingerprint density at radius 2 is 1.96 bits per heavy atom. The number of halogens is 3. The topological polar surface area (TPSA) is 53.0 Å². The smallest absolute Gasteiger partial charge is 0.260 e. The Balaban J connectivity index is 1.71. The fourth-order valence-electron chi connectivity index (χ4n) is 3.92. The molecule has 1 aromatic carbocycles. The average Bonchev–Trinajstić information content (AvgIpc) is 2.60. The standard InChI is InChI=1S/C19H25F3N2O3/c1-27-15-4-5-16(20)14(10-15)11-24-9-2-6-18(26,17(24)25)12-23-8-3-7-19(21,22)13-23/h4-5,10,26H,2-3,6-9,11-13H2,1H3/t18-/m0/s1. The highest BCUT2D eigenvalue weighted by Gasteiger charge is 2.45. The predicted molar refractivity (Wildman–Crippen MR) is 93.2 cm³/mol. The summed E-state index contributed by atoms with van der Waals surface area (Å²) in [6, 6.07) is 4.27. The van der Waals surface area contributed by atoms with Crippen molar-refractivity contribution in [3.8, 4) is 5.75 Å². The van der Waals surface area contributed by atoms with Gasteiger partial charge in [0.05, 0.1) is 13.7 Å². The summed E-state index contributed by atoms with van der Waals surface area (Å²) in [5.41, 5.74) is -1.43. The molecule has 2 aliphatic rings. The van der Waals surface area contributed by atoms with Crippen molar-refractivity contribution in [1.82, 2.24) is 9.80 Å². The van der Waals surface area contributed by atoms with E-state index in [-0.39, 0.29) is 31.5 Å². The zero-order valence-corrected chi connectivity index (χ0v) is 15.4. The molecule has 0 spiro atoms. The Labute approximate surface area is 156 Å². The van der Waals surface area contributed by atoms with Crippen LogP contribution in [-0.4, -0.2) is 65.6 Å². The monoisotopic (exact) mass is 386 g/mol. The molecule has 3 rings (SSSR count). The van der Waals surface area contributed by atoms with E-state index in [1.165, 1.54) is 35.1 Å². The lowest BCUT2D eigenvalue weighted by atomic mass is 9.90. The molecule has 1 amide bonds. The SMILES string of the molecule is COc1ccc(F)c(CN2CCC[C@](O)(CN3CCCC(F)(F)C3)C2=O)c1. The number of methoxy groups -OCH3 is 1. The zero-order valence-electron chi connectivity index (χ0n) is 15.4. The number of hydrogen-bond donors (Lipinski definition) is 1. The summed E-state index contributed by atoms with van der Waals surface area (Å²) >= 11 is 0. The summed E-state index contributed by atoms with van der Waals surface area (Å²) in [7, 11) is 1.47. The molecule has 2 saturated heterocycles. The van der Waals surface area contributed by atoms with Crippen molar-refractivity contribution in [1.29, 1.82) is 0 Å². The van der Waals surface area contributed by atoms with Gasteiger partial charge in [0.1, 0.15) is 11.6 Å². The van der Waals surface area contributed by atoms with E-state index in [1.54, 1.807) is 0 Å². The van der Waals surface area contributed by atoms with Crippen molar-refractivity contribution in [2.45, 2.75) is 43.8 Å². The van der Waals surface area contributed by atoms with Crippen LogP contribution in [0.2, 0.25) is 0 Å². The first-order valence-electron chi connectivity index (χ1n) is 9.17. The van der Waals surface area contributed by atoms with Gasteiger partial charge in [0.25, 0.3) is 11.8 Å². The van der Waals surface area contributed by atoms with Gasteiger partial charge >= 0.3 is 0 Å². The van der Waals surface area contributed by atoms with Crippen LogP contribution in [0.1, 0.15) is 31.2 Å². The van der Waals surface area contributed by atoms with E-state index < -0.39 is 29.8 Å². The van der Waals surface area contributed by atoms with Crippen LogP contribution in [0.5, 0.6) is 5.75 Å². The fourth-order valence-corrected chi connectivity index (χ4v) is 3.92. The summed E-state index contributed by atoms with van der Waals surface area (Å²) in [5.74, 6) is -3.32. The molecular weight excluding hydrogens is 361 g/mol. The van der Waals surface area contributed by atoms with Gasteiger partial charge in [-0.1, -0.05) is 0 Å². The Morgan fingerprint density at radius 1 is 1.22 bits per heavy atom. The van der Waals surface area contributed by atoms with Crippen molar-refractivity contribution in [2.24, 2.45) is 0 Å². The molecule has 2 fully saturated rings. The molecule has 150 valence electrons. The van der Waals surface area contributed by atoms with Gasteiger partial charge in [-0.3, -0.25) is 9.69 Å². The van der Waals surface area contributed by atoms with Gasteiger partial charge in [-0.2, -0.15) is 0 Å². The molecule has 1 aromatic rings. The number of likely N-dealkylation sites (tertiary alicyclic amines) is 2. The summed E-state index contributed by atoms with van der Waals surface area (Å²) in [6.45, 7) is 0.232. The third-order valence-corrected chi connectivity index (χ3v) is 5.27. The molecule has 2 aliphatic heterocycles. The lowest BCUT2D eigenvalue weighted by Crippen LogP contribution is -2.60. The van der Waals surface area contributed by atoms with E-state index in [2.05, 4.69) is 0 Å². The van der Waals surface area contributed by atoms with Crippen molar-refractivity contribution >= 4 is 5.91 Å². The minimum absolute atomic E-state index is 0.000334. The number of alkyl halides is 2. The molecule has 0 bridgehead atoms. The van der Waals surface area contributed by atoms with Crippen LogP contribution in [0.4, 0.5) is 13.2 Å². The van der Waals surface area contributed by atoms with Crippen LogP contribution in [-0.2, 0) is 11.3 Å². The van der Waals surface area contributed by atoms with Crippen molar-refractivity contribution < 1.29 is 27.8 Å². The zero-order chi connectivity index (χ0) is 19.7. The maximum absolute atomic E-state index is 14.1. The van der Waals surface area contributed by atoms with Gasteiger partial charge in [0.15, 0.2) is 5.60 Å². The molecule has 0 aromatic heterocycles. The van der Waals surface area contributed by atoms with E-state index in [9.17, 15) is 23.1 Å². The van der Waals surface area contributed by atoms with Crippen LogP contribution < -0.4 is 4.74 Å². The number of ether oxygens (including phenoxy) is 1. The van der Waals surface area contributed by atoms with E-state index >= 15 is 0 Å². The minimum Gasteiger partial charge on any atom is -0.497 e. The number of carbonyl (C=O) groups is 1. The van der Waals surface area contributed by atoms with Gasteiger partial charge in [0.2, 0.25) is 0 Å². The molecule has 8 heteroatoms. The van der Waals surface area contributed by atoms with Gasteiger partial charge in [0, 0.05) is 31.6 Å². The number of β-amino-alcohol motifs (C(OH)–C–C–N with tert-alkyl or cyclic N) is 1. The number of benzene rings is 1. The second-order valence-electron chi connectivity index (χ2n) is 7.49. The molecule has 1 atom stereocenters. The quantitative estimate of drug-likeness (QED) is 0.845. The first-order chi connectivity index (χ1) is 12.7. The number of hydrogen-bond acceptors (Lipinski definition) is 4. The Bertz CT molecular complexity index is 701. The number of amides is 1. The van der Waals surface area contributed by atoms with Crippen LogP contribution in [0.3, 0.4) is 0 Å². The lowest BCUT2D eigenvalue weighted by molar-refractivity contribution is -0.163. The molecule has 27 heavy (non-hydrogen) atoms. The van der Waals surface area contributed by atoms with Crippen LogP contribution in [0.25, 0.3) is 0 Å². The summed E-state index contributed by atoms with van der Waals surface area (Å²) in [5, 5.41) is 10.9. The first-order valence-corrected chi connectivity index (χ1v) is 9.17. The van der Waals surface area contributed by atoms with E-state index in [0.717, 1.165) is 0 Å². The van der Waals surface area contributed by atoms with Crippen LogP contribution in [0.15, 0.2) is 18.2 Å². The number of aliphatic hydroxyl groups is 1. The highest BCUT2D eigenvalue weighted by atomic mass is 19.3. The molecule has 0 saturated carbocycles. The highest BCUT2D eigenvalue weighted by molar-refractivity contribution is 5.86.